The summed E-state index contributed by atoms with van der Waals surface area (Å²) in [6, 6.07) is 11.2. The van der Waals surface area contributed by atoms with E-state index in [0.717, 1.165) is 36.2 Å². The second-order valence-corrected chi connectivity index (χ2v) is 8.81. The lowest BCUT2D eigenvalue weighted by Crippen LogP contribution is -2.39. The minimum Gasteiger partial charge on any atom is -0.484 e. The molecule has 0 bridgehead atoms. The second-order valence-electron chi connectivity index (χ2n) is 7.97. The van der Waals surface area contributed by atoms with Crippen LogP contribution in [0.25, 0.3) is 0 Å². The number of amides is 1. The van der Waals surface area contributed by atoms with Crippen molar-refractivity contribution >= 4 is 35.0 Å². The second kappa shape index (κ2) is 7.93. The lowest BCUT2D eigenvalue weighted by atomic mass is 10.1. The number of aliphatic hydroxyl groups excluding tert-OH is 1. The summed E-state index contributed by atoms with van der Waals surface area (Å²) >= 11 is 12.8. The van der Waals surface area contributed by atoms with Crippen molar-refractivity contribution in [1.29, 1.82) is 0 Å². The van der Waals surface area contributed by atoms with E-state index in [4.69, 9.17) is 32.7 Å². The molecule has 1 unspecified atom stereocenters. The van der Waals surface area contributed by atoms with Crippen LogP contribution in [0.5, 0.6) is 5.75 Å². The Morgan fingerprint density at radius 2 is 2.03 bits per heavy atom. The molecule has 1 N–H and O–H groups in total. The Labute approximate surface area is 184 Å². The molecule has 0 radical (unpaired) electrons. The summed E-state index contributed by atoms with van der Waals surface area (Å²) in [6.45, 7) is 2.33. The van der Waals surface area contributed by atoms with Gasteiger partial charge in [-0.05, 0) is 42.7 Å². The molecule has 3 aliphatic rings. The van der Waals surface area contributed by atoms with Gasteiger partial charge in [0.25, 0.3) is 0 Å². The van der Waals surface area contributed by atoms with Gasteiger partial charge in [0.1, 0.15) is 18.5 Å². The molecule has 1 aliphatic carbocycles. The van der Waals surface area contributed by atoms with Crippen LogP contribution in [0.2, 0.25) is 10.0 Å². The van der Waals surface area contributed by atoms with E-state index in [1.54, 1.807) is 11.0 Å². The number of fused-ring (bicyclic) bond motifs is 1. The lowest BCUT2D eigenvalue weighted by molar-refractivity contribution is 0.0819. The van der Waals surface area contributed by atoms with Gasteiger partial charge in [0.2, 0.25) is 0 Å². The van der Waals surface area contributed by atoms with Gasteiger partial charge in [-0.25, -0.2) is 4.79 Å². The maximum Gasteiger partial charge on any atom is 0.414 e. The first-order valence-corrected chi connectivity index (χ1v) is 10.9. The van der Waals surface area contributed by atoms with E-state index in [-0.39, 0.29) is 24.3 Å². The fraction of sp³-hybridized carbons (Fsp3) is 0.409. The van der Waals surface area contributed by atoms with E-state index < -0.39 is 0 Å². The molecule has 2 aromatic rings. The number of likely N-dealkylation sites (tertiary alicyclic amines) is 1. The van der Waals surface area contributed by atoms with E-state index in [2.05, 4.69) is 4.90 Å². The molecule has 2 fully saturated rings. The maximum absolute atomic E-state index is 11.9. The molecular weight excluding hydrogens is 427 g/mol. The number of cyclic esters (lactones) is 1. The van der Waals surface area contributed by atoms with Crippen LogP contribution in [0.15, 0.2) is 36.4 Å². The Kier molecular flexibility index (Phi) is 5.27. The number of β-amino-alcohol motifs (C(OH)–C–C–N with tert-alkyl or cyclic N) is 1. The number of benzene rings is 2. The van der Waals surface area contributed by atoms with Crippen molar-refractivity contribution in [3.63, 3.8) is 0 Å². The molecular formula is C22H22Cl2N2O4. The topological polar surface area (TPSA) is 62.2 Å². The number of nitrogens with zero attached hydrogens (tertiary/aromatic N) is 2. The van der Waals surface area contributed by atoms with E-state index in [1.807, 2.05) is 30.3 Å². The third-order valence-corrected chi connectivity index (χ3v) is 6.64. The van der Waals surface area contributed by atoms with Crippen LogP contribution >= 0.6 is 23.2 Å². The zero-order chi connectivity index (χ0) is 20.8. The molecule has 2 heterocycles. The highest BCUT2D eigenvalue weighted by molar-refractivity contribution is 6.35. The van der Waals surface area contributed by atoms with E-state index >= 15 is 0 Å². The monoisotopic (exact) mass is 448 g/mol. The first-order valence-electron chi connectivity index (χ1n) is 10.1. The van der Waals surface area contributed by atoms with Crippen LogP contribution in [0, 0.1) is 0 Å². The smallest absolute Gasteiger partial charge is 0.414 e. The van der Waals surface area contributed by atoms with Crippen molar-refractivity contribution in [2.45, 2.75) is 31.1 Å². The van der Waals surface area contributed by atoms with Gasteiger partial charge in [-0.3, -0.25) is 9.80 Å². The number of ether oxygens (including phenoxy) is 2. The fourth-order valence-electron chi connectivity index (χ4n) is 4.65. The Morgan fingerprint density at radius 3 is 2.77 bits per heavy atom. The number of rotatable bonds is 4. The number of carbonyl (C=O) groups is 1. The lowest BCUT2D eigenvalue weighted by Gasteiger charge is -2.30. The summed E-state index contributed by atoms with van der Waals surface area (Å²) in [5, 5.41) is 11.3. The van der Waals surface area contributed by atoms with Crippen LogP contribution in [0.3, 0.4) is 0 Å². The molecule has 2 aromatic carbocycles. The predicted octanol–water partition coefficient (Wildman–Crippen LogP) is 4.06. The molecule has 1 amide bonds. The minimum absolute atomic E-state index is 0.0496. The number of aliphatic hydroxyl groups is 1. The van der Waals surface area contributed by atoms with Crippen LogP contribution in [0.4, 0.5) is 10.5 Å². The number of hydrogen-bond donors (Lipinski definition) is 1. The average Bonchev–Trinajstić information content (AvgIpc) is 3.42. The number of carbonyl (C=O) groups excluding carboxylic acids is 1. The number of halogens is 2. The zero-order valence-electron chi connectivity index (χ0n) is 16.3. The van der Waals surface area contributed by atoms with Crippen LogP contribution in [-0.4, -0.2) is 54.5 Å². The van der Waals surface area contributed by atoms with Gasteiger partial charge in [0.15, 0.2) is 0 Å². The standard InChI is InChI=1S/C22H22Cl2N2O4/c23-13-8-18-17(19(24)9-13)11-20(25-5-4-15(27)12-25)21(18)30-16-3-1-2-14(10-16)26-6-7-29-22(26)28/h1-3,8-10,15,20-21,27H,4-7,11-12H2/t15?,20-,21-/m0/s1. The Bertz CT molecular complexity index is 986. The van der Waals surface area contributed by atoms with Crippen molar-refractivity contribution < 1.29 is 19.4 Å². The summed E-state index contributed by atoms with van der Waals surface area (Å²) in [6.07, 6.45) is 0.544. The third-order valence-electron chi connectivity index (χ3n) is 6.08. The van der Waals surface area contributed by atoms with Crippen molar-refractivity contribution in [2.75, 3.05) is 31.1 Å². The summed E-state index contributed by atoms with van der Waals surface area (Å²) in [7, 11) is 0. The fourth-order valence-corrected chi connectivity index (χ4v) is 5.23. The zero-order valence-corrected chi connectivity index (χ0v) is 17.8. The molecule has 158 valence electrons. The Morgan fingerprint density at radius 1 is 1.17 bits per heavy atom. The molecule has 30 heavy (non-hydrogen) atoms. The van der Waals surface area contributed by atoms with E-state index in [1.165, 1.54) is 0 Å². The molecule has 0 saturated carbocycles. The number of hydrogen-bond acceptors (Lipinski definition) is 5. The Hall–Kier alpha value is -1.99. The van der Waals surface area contributed by atoms with Gasteiger partial charge in [-0.15, -0.1) is 0 Å². The summed E-state index contributed by atoms with van der Waals surface area (Å²) < 4.78 is 11.5. The molecule has 6 nitrogen and oxygen atoms in total. The van der Waals surface area contributed by atoms with Crippen LogP contribution in [0.1, 0.15) is 23.7 Å². The quantitative estimate of drug-likeness (QED) is 0.763. The van der Waals surface area contributed by atoms with Crippen molar-refractivity contribution in [3.8, 4) is 5.75 Å². The van der Waals surface area contributed by atoms with E-state index in [0.29, 0.717) is 35.5 Å². The van der Waals surface area contributed by atoms with Gasteiger partial charge in [0.05, 0.1) is 24.4 Å². The predicted molar refractivity (Wildman–Crippen MR) is 115 cm³/mol. The van der Waals surface area contributed by atoms with Crippen LogP contribution < -0.4 is 9.64 Å². The first-order chi connectivity index (χ1) is 14.5. The first kappa shape index (κ1) is 19.9. The van der Waals surface area contributed by atoms with Crippen LogP contribution in [-0.2, 0) is 11.2 Å². The SMILES string of the molecule is O=C1OCCN1c1cccc(O[C@H]2c3cc(Cl)cc(Cl)c3C[C@@H]2N2CCC(O)C2)c1. The number of anilines is 1. The molecule has 0 aromatic heterocycles. The summed E-state index contributed by atoms with van der Waals surface area (Å²) in [5.74, 6) is 0.658. The highest BCUT2D eigenvalue weighted by Gasteiger charge is 2.41. The summed E-state index contributed by atoms with van der Waals surface area (Å²) in [5.41, 5.74) is 2.76. The highest BCUT2D eigenvalue weighted by atomic mass is 35.5. The molecule has 5 rings (SSSR count). The third kappa shape index (κ3) is 3.62. The van der Waals surface area contributed by atoms with Gasteiger partial charge >= 0.3 is 6.09 Å². The molecule has 2 aliphatic heterocycles. The molecule has 3 atom stereocenters. The molecule has 2 saturated heterocycles. The maximum atomic E-state index is 11.9. The van der Waals surface area contributed by atoms with Gasteiger partial charge in [0, 0.05) is 34.8 Å². The van der Waals surface area contributed by atoms with Crippen molar-refractivity contribution in [2.24, 2.45) is 0 Å². The van der Waals surface area contributed by atoms with E-state index in [9.17, 15) is 9.90 Å². The minimum atomic E-state index is -0.346. The van der Waals surface area contributed by atoms with Gasteiger partial charge in [-0.2, -0.15) is 0 Å². The van der Waals surface area contributed by atoms with Gasteiger partial charge in [-0.1, -0.05) is 29.3 Å². The normalized spacial score (nSPS) is 26.2. The average molecular weight is 449 g/mol. The largest absolute Gasteiger partial charge is 0.484 e. The molecule has 0 spiro atoms. The highest BCUT2D eigenvalue weighted by Crippen LogP contribution is 2.43. The van der Waals surface area contributed by atoms with Crippen molar-refractivity contribution in [1.82, 2.24) is 4.90 Å². The van der Waals surface area contributed by atoms with Gasteiger partial charge < -0.3 is 14.6 Å². The van der Waals surface area contributed by atoms with Crippen molar-refractivity contribution in [3.05, 3.63) is 57.6 Å². The molecule has 8 heteroatoms. The Balaban J connectivity index is 1.47. The summed E-state index contributed by atoms with van der Waals surface area (Å²) in [4.78, 5) is 15.8.